The molecule has 1 aliphatic carbocycles. The number of nitrogens with one attached hydrogen (secondary N) is 2. The van der Waals surface area contributed by atoms with Crippen molar-refractivity contribution in [3.8, 4) is 0 Å². The van der Waals surface area contributed by atoms with Crippen molar-refractivity contribution >= 4 is 11.4 Å². The Morgan fingerprint density at radius 1 is 1.37 bits per heavy atom. The van der Waals surface area contributed by atoms with Gasteiger partial charge in [-0.1, -0.05) is 6.07 Å². The molecular formula is C22H31F2N5O. The average molecular weight is 420 g/mol. The highest BCUT2D eigenvalue weighted by molar-refractivity contribution is 5.83. The van der Waals surface area contributed by atoms with E-state index < -0.39 is 11.5 Å². The van der Waals surface area contributed by atoms with Gasteiger partial charge in [-0.15, -0.1) is 0 Å². The predicted molar refractivity (Wildman–Crippen MR) is 112 cm³/mol. The first kappa shape index (κ1) is 21.2. The maximum absolute atomic E-state index is 13.2. The van der Waals surface area contributed by atoms with Gasteiger partial charge in [-0.3, -0.25) is 9.69 Å². The van der Waals surface area contributed by atoms with E-state index in [9.17, 15) is 13.6 Å². The molecule has 164 valence electrons. The van der Waals surface area contributed by atoms with Crippen molar-refractivity contribution in [3.63, 3.8) is 0 Å². The number of aryl methyl sites for hydroxylation is 2. The van der Waals surface area contributed by atoms with E-state index in [1.165, 1.54) is 0 Å². The minimum Gasteiger partial charge on any atom is -0.343 e. The fraction of sp³-hybridized carbons (Fsp3) is 0.636. The fourth-order valence-corrected chi connectivity index (χ4v) is 4.88. The molecule has 2 aromatic heterocycles. The summed E-state index contributed by atoms with van der Waals surface area (Å²) in [6.07, 6.45) is 1.82. The van der Waals surface area contributed by atoms with Gasteiger partial charge in [0.2, 0.25) is 11.8 Å². The summed E-state index contributed by atoms with van der Waals surface area (Å²) in [6.45, 7) is 10.4. The van der Waals surface area contributed by atoms with Crippen molar-refractivity contribution in [1.82, 2.24) is 24.9 Å². The summed E-state index contributed by atoms with van der Waals surface area (Å²) in [5, 5.41) is 6.44. The summed E-state index contributed by atoms with van der Waals surface area (Å²) in [7, 11) is 0. The molecule has 4 rings (SSSR count). The van der Waals surface area contributed by atoms with E-state index in [1.807, 2.05) is 37.4 Å². The fourth-order valence-electron chi connectivity index (χ4n) is 4.88. The lowest BCUT2D eigenvalue weighted by Gasteiger charge is -2.42. The lowest BCUT2D eigenvalue weighted by Crippen LogP contribution is -2.61. The highest BCUT2D eigenvalue weighted by Gasteiger charge is 2.46. The molecule has 0 unspecified atom stereocenters. The second kappa shape index (κ2) is 7.57. The Balaban J connectivity index is 1.51. The number of hydrogen-bond acceptors (Lipinski definition) is 4. The van der Waals surface area contributed by atoms with Crippen LogP contribution in [0.3, 0.4) is 0 Å². The number of halogens is 2. The predicted octanol–water partition coefficient (Wildman–Crippen LogP) is 2.62. The second-order valence-corrected chi connectivity index (χ2v) is 9.39. The summed E-state index contributed by atoms with van der Waals surface area (Å²) < 4.78 is 28.5. The zero-order valence-electron chi connectivity index (χ0n) is 18.1. The first-order valence-corrected chi connectivity index (χ1v) is 10.7. The Morgan fingerprint density at radius 3 is 2.80 bits per heavy atom. The van der Waals surface area contributed by atoms with Crippen molar-refractivity contribution in [1.29, 1.82) is 0 Å². The maximum atomic E-state index is 13.2. The van der Waals surface area contributed by atoms with Crippen LogP contribution in [-0.2, 0) is 10.3 Å². The highest BCUT2D eigenvalue weighted by atomic mass is 19.3. The summed E-state index contributed by atoms with van der Waals surface area (Å²) in [5.41, 5.74) is 2.43. The maximum Gasteiger partial charge on any atom is 0.248 e. The minimum absolute atomic E-state index is 0.0386. The van der Waals surface area contributed by atoms with Crippen molar-refractivity contribution in [2.45, 2.75) is 58.0 Å². The van der Waals surface area contributed by atoms with Crippen LogP contribution in [0.4, 0.5) is 8.78 Å². The Bertz CT molecular complexity index is 946. The van der Waals surface area contributed by atoms with E-state index in [-0.39, 0.29) is 30.7 Å². The lowest BCUT2D eigenvalue weighted by atomic mass is 9.80. The number of carbonyl (C=O) groups excluding carboxylic acids is 1. The number of nitrogens with zero attached hydrogens (tertiary/aromatic N) is 3. The number of pyridine rings is 1. The number of imidazole rings is 1. The molecule has 2 aromatic rings. The molecule has 0 bridgehead atoms. The zero-order valence-corrected chi connectivity index (χ0v) is 18.1. The molecule has 3 heterocycles. The van der Waals surface area contributed by atoms with Crippen molar-refractivity contribution in [3.05, 3.63) is 35.4 Å². The molecule has 6 nitrogen and oxygen atoms in total. The smallest absolute Gasteiger partial charge is 0.248 e. The van der Waals surface area contributed by atoms with Crippen LogP contribution in [0, 0.1) is 19.8 Å². The van der Waals surface area contributed by atoms with Crippen LogP contribution < -0.4 is 10.6 Å². The number of fused-ring (bicyclic) bond motifs is 1. The van der Waals surface area contributed by atoms with Gasteiger partial charge in [-0.25, -0.2) is 13.8 Å². The number of alkyl halides is 2. The number of piperazine rings is 1. The van der Waals surface area contributed by atoms with Gasteiger partial charge in [0.1, 0.15) is 11.9 Å². The molecule has 1 saturated carbocycles. The second-order valence-electron chi connectivity index (χ2n) is 9.39. The number of carbonyl (C=O) groups is 1. The van der Waals surface area contributed by atoms with Crippen LogP contribution >= 0.6 is 0 Å². The van der Waals surface area contributed by atoms with Gasteiger partial charge < -0.3 is 15.0 Å². The normalized spacial score (nSPS) is 22.8. The third kappa shape index (κ3) is 3.95. The molecule has 8 heteroatoms. The average Bonchev–Trinajstić information content (AvgIpc) is 2.99. The van der Waals surface area contributed by atoms with E-state index in [2.05, 4.69) is 28.5 Å². The zero-order chi connectivity index (χ0) is 21.7. The Morgan fingerprint density at radius 2 is 2.10 bits per heavy atom. The Hall–Kier alpha value is -2.06. The molecule has 30 heavy (non-hydrogen) atoms. The first-order chi connectivity index (χ1) is 14.1. The van der Waals surface area contributed by atoms with Gasteiger partial charge in [0.05, 0.1) is 16.7 Å². The van der Waals surface area contributed by atoms with E-state index >= 15 is 0 Å². The molecule has 0 spiro atoms. The summed E-state index contributed by atoms with van der Waals surface area (Å²) in [5.74, 6) is -1.89. The van der Waals surface area contributed by atoms with Crippen molar-refractivity contribution in [2.24, 2.45) is 5.92 Å². The molecule has 1 atom stereocenters. The molecule has 0 aromatic carbocycles. The SMILES string of the molecule is Cc1cccn2c(C(C)(C)NC(=O)[C@@H]3CNCCN3CC3CC(F)(F)C3)nc(C)c12. The van der Waals surface area contributed by atoms with Gasteiger partial charge >= 0.3 is 0 Å². The third-order valence-corrected chi connectivity index (χ3v) is 6.36. The van der Waals surface area contributed by atoms with Gasteiger partial charge in [-0.05, 0) is 45.2 Å². The van der Waals surface area contributed by atoms with E-state index in [0.29, 0.717) is 19.6 Å². The van der Waals surface area contributed by atoms with Gasteiger partial charge in [0.15, 0.2) is 0 Å². The van der Waals surface area contributed by atoms with Crippen LogP contribution in [-0.4, -0.2) is 58.3 Å². The van der Waals surface area contributed by atoms with E-state index in [0.717, 1.165) is 29.1 Å². The molecule has 0 radical (unpaired) electrons. The Kier molecular flexibility index (Phi) is 5.34. The van der Waals surface area contributed by atoms with Crippen LogP contribution in [0.2, 0.25) is 0 Å². The van der Waals surface area contributed by atoms with Gasteiger partial charge in [-0.2, -0.15) is 0 Å². The van der Waals surface area contributed by atoms with E-state index in [1.54, 1.807) is 0 Å². The topological polar surface area (TPSA) is 61.7 Å². The minimum atomic E-state index is -2.53. The van der Waals surface area contributed by atoms with Gasteiger partial charge in [0, 0.05) is 45.2 Å². The molecule has 2 N–H and O–H groups in total. The molecule has 1 amide bonds. The lowest BCUT2D eigenvalue weighted by molar-refractivity contribution is -0.134. The largest absolute Gasteiger partial charge is 0.343 e. The molecule has 1 aliphatic heterocycles. The van der Waals surface area contributed by atoms with Crippen LogP contribution in [0.1, 0.15) is 43.8 Å². The van der Waals surface area contributed by atoms with Crippen molar-refractivity contribution < 1.29 is 13.6 Å². The van der Waals surface area contributed by atoms with Gasteiger partial charge in [0.25, 0.3) is 0 Å². The molecule has 2 fully saturated rings. The standard InChI is InChI=1S/C22H31F2N5O/c1-14-6-5-8-29-18(14)15(2)26-20(29)21(3,4)27-19(30)17-12-25-7-9-28(17)13-16-10-22(23,24)11-16/h5-6,8,16-17,25H,7,9-13H2,1-4H3,(H,27,30)/t17-/m0/s1. The summed E-state index contributed by atoms with van der Waals surface area (Å²) in [4.78, 5) is 20.1. The van der Waals surface area contributed by atoms with Crippen molar-refractivity contribution in [2.75, 3.05) is 26.2 Å². The summed E-state index contributed by atoms with van der Waals surface area (Å²) in [6, 6.07) is 3.65. The number of rotatable bonds is 5. The Labute approximate surface area is 176 Å². The molecule has 1 saturated heterocycles. The molecule has 2 aliphatic rings. The first-order valence-electron chi connectivity index (χ1n) is 10.7. The van der Waals surface area contributed by atoms with Crippen LogP contribution in [0.25, 0.3) is 5.52 Å². The number of hydrogen-bond donors (Lipinski definition) is 2. The van der Waals surface area contributed by atoms with Crippen LogP contribution in [0.5, 0.6) is 0 Å². The highest BCUT2D eigenvalue weighted by Crippen LogP contribution is 2.42. The third-order valence-electron chi connectivity index (χ3n) is 6.36. The molecular weight excluding hydrogens is 388 g/mol. The number of amides is 1. The monoisotopic (exact) mass is 419 g/mol. The van der Waals surface area contributed by atoms with E-state index in [4.69, 9.17) is 4.98 Å². The van der Waals surface area contributed by atoms with Crippen LogP contribution in [0.15, 0.2) is 18.3 Å². The summed E-state index contributed by atoms with van der Waals surface area (Å²) >= 11 is 0. The quantitative estimate of drug-likeness (QED) is 0.782. The number of aromatic nitrogens is 2.